The lowest BCUT2D eigenvalue weighted by molar-refractivity contribution is 0.0976. The topological polar surface area (TPSA) is 67.3 Å². The van der Waals surface area contributed by atoms with Gasteiger partial charge in [0.2, 0.25) is 0 Å². The van der Waals surface area contributed by atoms with Crippen molar-refractivity contribution in [2.24, 2.45) is 0 Å². The first-order valence-electron chi connectivity index (χ1n) is 6.03. The molecule has 3 rings (SSSR count). The van der Waals surface area contributed by atoms with Crippen molar-refractivity contribution < 1.29 is 13.2 Å². The van der Waals surface area contributed by atoms with Crippen LogP contribution in [0.5, 0.6) is 0 Å². The molecule has 1 aromatic rings. The van der Waals surface area contributed by atoms with Crippen molar-refractivity contribution in [3.63, 3.8) is 0 Å². The van der Waals surface area contributed by atoms with E-state index >= 15 is 0 Å². The predicted molar refractivity (Wildman–Crippen MR) is 70.2 cm³/mol. The number of ketones is 1. The maximum atomic E-state index is 11.7. The molecule has 18 heavy (non-hydrogen) atoms. The smallest absolute Gasteiger partial charge is 0.186 e. The molecule has 1 aliphatic heterocycles. The van der Waals surface area contributed by atoms with Gasteiger partial charge in [-0.3, -0.25) is 4.79 Å². The van der Waals surface area contributed by atoms with E-state index in [-0.39, 0.29) is 17.3 Å². The van der Waals surface area contributed by atoms with Crippen LogP contribution in [0.25, 0.3) is 0 Å². The second-order valence-corrected chi connectivity index (χ2v) is 7.97. The molecular weight excluding hydrogens is 272 g/mol. The number of sulfone groups is 1. The number of rotatable bonds is 1. The predicted octanol–water partition coefficient (Wildman–Crippen LogP) is 0.897. The first-order chi connectivity index (χ1) is 8.55. The molecule has 0 radical (unpaired) electrons. The highest BCUT2D eigenvalue weighted by molar-refractivity contribution is 7.91. The minimum absolute atomic E-state index is 0.185. The number of carbonyl (C=O) groups is 1. The number of thiazole rings is 1. The summed E-state index contributed by atoms with van der Waals surface area (Å²) in [4.78, 5) is 19.0. The second kappa shape index (κ2) is 4.31. The van der Waals surface area contributed by atoms with E-state index in [4.69, 9.17) is 0 Å². The third kappa shape index (κ3) is 2.16. The van der Waals surface area contributed by atoms with E-state index in [0.717, 1.165) is 28.5 Å². The van der Waals surface area contributed by atoms with Crippen LogP contribution in [0.2, 0.25) is 0 Å². The van der Waals surface area contributed by atoms with E-state index in [1.54, 1.807) is 0 Å². The molecule has 7 heteroatoms. The van der Waals surface area contributed by atoms with Gasteiger partial charge in [0.25, 0.3) is 0 Å². The molecule has 1 fully saturated rings. The van der Waals surface area contributed by atoms with Gasteiger partial charge in [0.05, 0.1) is 22.1 Å². The number of nitrogens with zero attached hydrogens (tertiary/aromatic N) is 2. The molecule has 0 bridgehead atoms. The van der Waals surface area contributed by atoms with Gasteiger partial charge in [0, 0.05) is 19.5 Å². The van der Waals surface area contributed by atoms with Crippen LogP contribution in [-0.4, -0.2) is 43.8 Å². The second-order valence-electron chi connectivity index (χ2n) is 4.69. The zero-order valence-electron chi connectivity index (χ0n) is 9.89. The van der Waals surface area contributed by atoms with Gasteiger partial charge in [-0.15, -0.1) is 0 Å². The maximum absolute atomic E-state index is 11.7. The van der Waals surface area contributed by atoms with E-state index in [1.807, 2.05) is 4.90 Å². The summed E-state index contributed by atoms with van der Waals surface area (Å²) in [7, 11) is -2.87. The van der Waals surface area contributed by atoms with Crippen LogP contribution in [0.1, 0.15) is 28.2 Å². The minimum Gasteiger partial charge on any atom is -0.346 e. The van der Waals surface area contributed by atoms with Gasteiger partial charge in [0.15, 0.2) is 20.8 Å². The van der Waals surface area contributed by atoms with Crippen molar-refractivity contribution in [1.29, 1.82) is 0 Å². The van der Waals surface area contributed by atoms with Crippen molar-refractivity contribution in [3.05, 3.63) is 10.6 Å². The molecule has 98 valence electrons. The Morgan fingerprint density at radius 2 is 1.89 bits per heavy atom. The summed E-state index contributed by atoms with van der Waals surface area (Å²) in [5.41, 5.74) is 0.902. The molecular formula is C11H14N2O3S2. The van der Waals surface area contributed by atoms with Gasteiger partial charge in [-0.05, 0) is 12.8 Å². The molecule has 0 atom stereocenters. The van der Waals surface area contributed by atoms with Crippen molar-refractivity contribution >= 4 is 32.1 Å². The van der Waals surface area contributed by atoms with E-state index in [9.17, 15) is 13.2 Å². The van der Waals surface area contributed by atoms with Crippen LogP contribution >= 0.6 is 11.3 Å². The normalized spacial score (nSPS) is 22.9. The lowest BCUT2D eigenvalue weighted by atomic mass is 10.0. The van der Waals surface area contributed by atoms with E-state index in [2.05, 4.69) is 4.98 Å². The monoisotopic (exact) mass is 286 g/mol. The number of Topliss-reactive ketones (excluding diaryl/α,β-unsaturated/α-hetero) is 1. The summed E-state index contributed by atoms with van der Waals surface area (Å²) < 4.78 is 22.8. The molecule has 5 nitrogen and oxygen atoms in total. The molecule has 1 saturated heterocycles. The van der Waals surface area contributed by atoms with Gasteiger partial charge < -0.3 is 4.90 Å². The fourth-order valence-corrected chi connectivity index (χ4v) is 4.63. The molecule has 0 amide bonds. The standard InChI is InChI=1S/C11H14N2O3S2/c14-9-3-1-2-8-10(9)17-11(12-8)13-4-6-18(15,16)7-5-13/h1-7H2. The number of fused-ring (bicyclic) bond motifs is 1. The number of anilines is 1. The Morgan fingerprint density at radius 3 is 2.56 bits per heavy atom. The van der Waals surface area contributed by atoms with E-state index < -0.39 is 9.84 Å². The third-order valence-electron chi connectivity index (χ3n) is 3.37. The van der Waals surface area contributed by atoms with Crippen LogP contribution in [0.4, 0.5) is 5.13 Å². The molecule has 2 aliphatic rings. The Labute approximate surface area is 110 Å². The number of aryl methyl sites for hydroxylation is 1. The molecule has 2 heterocycles. The molecule has 0 unspecified atom stereocenters. The van der Waals surface area contributed by atoms with Gasteiger partial charge >= 0.3 is 0 Å². The van der Waals surface area contributed by atoms with Crippen molar-refractivity contribution in [2.45, 2.75) is 19.3 Å². The van der Waals surface area contributed by atoms with Crippen molar-refractivity contribution in [1.82, 2.24) is 4.98 Å². The minimum atomic E-state index is -2.87. The van der Waals surface area contributed by atoms with Crippen LogP contribution in [0.3, 0.4) is 0 Å². The van der Waals surface area contributed by atoms with Gasteiger partial charge in [0.1, 0.15) is 0 Å². The molecule has 0 aromatic carbocycles. The van der Waals surface area contributed by atoms with Crippen molar-refractivity contribution in [2.75, 3.05) is 29.5 Å². The Kier molecular flexibility index (Phi) is 2.90. The fraction of sp³-hybridized carbons (Fsp3) is 0.636. The first-order valence-corrected chi connectivity index (χ1v) is 8.67. The van der Waals surface area contributed by atoms with Crippen LogP contribution in [0.15, 0.2) is 0 Å². The summed E-state index contributed by atoms with van der Waals surface area (Å²) in [6.07, 6.45) is 2.36. The SMILES string of the molecule is O=C1CCCc2nc(N3CCS(=O)(=O)CC3)sc21. The third-order valence-corrected chi connectivity index (χ3v) is 6.18. The average molecular weight is 286 g/mol. The van der Waals surface area contributed by atoms with E-state index in [0.29, 0.717) is 19.5 Å². The van der Waals surface area contributed by atoms with E-state index in [1.165, 1.54) is 11.3 Å². The van der Waals surface area contributed by atoms with Crippen LogP contribution in [0, 0.1) is 0 Å². The molecule has 0 N–H and O–H groups in total. The largest absolute Gasteiger partial charge is 0.346 e. The summed E-state index contributed by atoms with van der Waals surface area (Å²) in [5, 5.41) is 0.810. The quantitative estimate of drug-likeness (QED) is 0.767. The number of carbonyl (C=O) groups excluding carboxylic acids is 1. The highest BCUT2D eigenvalue weighted by Crippen LogP contribution is 2.32. The molecule has 0 spiro atoms. The Morgan fingerprint density at radius 1 is 1.17 bits per heavy atom. The fourth-order valence-electron chi connectivity index (χ4n) is 2.30. The van der Waals surface area contributed by atoms with Crippen molar-refractivity contribution in [3.8, 4) is 0 Å². The summed E-state index contributed by atoms with van der Waals surface area (Å²) in [6.45, 7) is 0.978. The Balaban J connectivity index is 1.84. The molecule has 1 aliphatic carbocycles. The maximum Gasteiger partial charge on any atom is 0.186 e. The summed E-state index contributed by atoms with van der Waals surface area (Å²) >= 11 is 1.42. The van der Waals surface area contributed by atoms with Crippen LogP contribution in [-0.2, 0) is 16.3 Å². The number of aromatic nitrogens is 1. The zero-order chi connectivity index (χ0) is 12.8. The lowest BCUT2D eigenvalue weighted by Crippen LogP contribution is -2.40. The zero-order valence-corrected chi connectivity index (χ0v) is 11.5. The van der Waals surface area contributed by atoms with Gasteiger partial charge in [-0.25, -0.2) is 13.4 Å². The Hall–Kier alpha value is -0.950. The average Bonchev–Trinajstić information content (AvgIpc) is 2.74. The number of hydrogen-bond acceptors (Lipinski definition) is 6. The lowest BCUT2D eigenvalue weighted by Gasteiger charge is -2.25. The van der Waals surface area contributed by atoms with Gasteiger partial charge in [-0.1, -0.05) is 11.3 Å². The molecule has 0 saturated carbocycles. The summed E-state index contributed by atoms with van der Waals surface area (Å²) in [5.74, 6) is 0.556. The highest BCUT2D eigenvalue weighted by atomic mass is 32.2. The first kappa shape index (κ1) is 12.1. The van der Waals surface area contributed by atoms with Gasteiger partial charge in [-0.2, -0.15) is 0 Å². The van der Waals surface area contributed by atoms with Crippen LogP contribution < -0.4 is 4.90 Å². The Bertz CT molecular complexity index is 577. The molecule has 1 aromatic heterocycles. The highest BCUT2D eigenvalue weighted by Gasteiger charge is 2.27. The number of hydrogen-bond donors (Lipinski definition) is 0. The summed E-state index contributed by atoms with van der Waals surface area (Å²) in [6, 6.07) is 0.